The van der Waals surface area contributed by atoms with Crippen LogP contribution in [0.5, 0.6) is 11.5 Å². The van der Waals surface area contributed by atoms with Crippen LogP contribution < -0.4 is 10.5 Å². The summed E-state index contributed by atoms with van der Waals surface area (Å²) >= 11 is 0. The van der Waals surface area contributed by atoms with E-state index in [0.29, 0.717) is 5.82 Å². The third kappa shape index (κ3) is 3.40. The summed E-state index contributed by atoms with van der Waals surface area (Å²) in [4.78, 5) is 4.26. The number of nitrogens with two attached hydrogens (primary N) is 1. The molecule has 0 spiro atoms. The summed E-state index contributed by atoms with van der Waals surface area (Å²) in [5.41, 5.74) is 9.66. The highest BCUT2D eigenvalue weighted by Crippen LogP contribution is 2.34. The Balaban J connectivity index is 1.86. The molecule has 1 unspecified atom stereocenters. The molecule has 122 valence electrons. The van der Waals surface area contributed by atoms with Crippen LogP contribution in [0.4, 0.5) is 5.82 Å². The first-order valence-electron chi connectivity index (χ1n) is 8.23. The average molecular weight is 318 g/mol. The number of benzene rings is 2. The van der Waals surface area contributed by atoms with Crippen molar-refractivity contribution in [1.29, 1.82) is 0 Å². The van der Waals surface area contributed by atoms with Gasteiger partial charge in [0.15, 0.2) is 0 Å². The molecule has 1 heterocycles. The fourth-order valence-corrected chi connectivity index (χ4v) is 3.04. The lowest BCUT2D eigenvalue weighted by Gasteiger charge is -2.20. The average Bonchev–Trinajstić information content (AvgIpc) is 2.60. The molecule has 3 rings (SSSR count). The summed E-state index contributed by atoms with van der Waals surface area (Å²) in [6, 6.07) is 20.0. The van der Waals surface area contributed by atoms with Gasteiger partial charge in [-0.1, -0.05) is 37.3 Å². The molecule has 0 bridgehead atoms. The third-order valence-corrected chi connectivity index (χ3v) is 4.26. The van der Waals surface area contributed by atoms with Gasteiger partial charge in [-0.2, -0.15) is 0 Å². The van der Waals surface area contributed by atoms with E-state index in [1.807, 2.05) is 48.5 Å². The maximum atomic E-state index is 6.13. The van der Waals surface area contributed by atoms with Crippen LogP contribution in [0.1, 0.15) is 36.0 Å². The van der Waals surface area contributed by atoms with E-state index < -0.39 is 0 Å². The van der Waals surface area contributed by atoms with Crippen molar-refractivity contribution < 1.29 is 4.74 Å². The number of nitrogens with zero attached hydrogens (tertiary/aromatic N) is 1. The zero-order valence-electron chi connectivity index (χ0n) is 14.1. The molecule has 1 aromatic heterocycles. The molecular formula is C21H22N2O. The van der Waals surface area contributed by atoms with Crippen molar-refractivity contribution >= 4 is 5.82 Å². The fraction of sp³-hybridized carbons (Fsp3) is 0.190. The Morgan fingerprint density at radius 1 is 0.958 bits per heavy atom. The van der Waals surface area contributed by atoms with Crippen molar-refractivity contribution in [1.82, 2.24) is 4.98 Å². The Bertz CT molecular complexity index is 778. The Morgan fingerprint density at radius 3 is 2.25 bits per heavy atom. The lowest BCUT2D eigenvalue weighted by Crippen LogP contribution is -2.07. The van der Waals surface area contributed by atoms with Gasteiger partial charge >= 0.3 is 0 Å². The highest BCUT2D eigenvalue weighted by molar-refractivity contribution is 5.50. The van der Waals surface area contributed by atoms with E-state index in [9.17, 15) is 0 Å². The number of aromatic nitrogens is 1. The normalized spacial score (nSPS) is 11.9. The maximum Gasteiger partial charge on any atom is 0.127 e. The third-order valence-electron chi connectivity index (χ3n) is 4.26. The molecule has 3 aromatic rings. The van der Waals surface area contributed by atoms with Gasteiger partial charge in [0, 0.05) is 17.7 Å². The number of ether oxygens (including phenoxy) is 1. The second-order valence-electron chi connectivity index (χ2n) is 5.87. The summed E-state index contributed by atoms with van der Waals surface area (Å²) in [5.74, 6) is 2.52. The van der Waals surface area contributed by atoms with E-state index in [1.165, 1.54) is 11.1 Å². The van der Waals surface area contributed by atoms with Crippen molar-refractivity contribution in [3.8, 4) is 11.5 Å². The molecule has 2 N–H and O–H groups in total. The van der Waals surface area contributed by atoms with Crippen LogP contribution >= 0.6 is 0 Å². The van der Waals surface area contributed by atoms with Gasteiger partial charge in [-0.05, 0) is 54.8 Å². The molecule has 0 saturated carbocycles. The smallest absolute Gasteiger partial charge is 0.127 e. The van der Waals surface area contributed by atoms with E-state index in [2.05, 4.69) is 31.0 Å². The summed E-state index contributed by atoms with van der Waals surface area (Å²) in [5, 5.41) is 0. The van der Waals surface area contributed by atoms with Crippen molar-refractivity contribution in [2.75, 3.05) is 5.73 Å². The van der Waals surface area contributed by atoms with E-state index in [-0.39, 0.29) is 5.92 Å². The van der Waals surface area contributed by atoms with Crippen molar-refractivity contribution in [2.45, 2.75) is 26.2 Å². The van der Waals surface area contributed by atoms with Gasteiger partial charge in [0.2, 0.25) is 0 Å². The zero-order chi connectivity index (χ0) is 16.9. The Hall–Kier alpha value is -2.81. The minimum absolute atomic E-state index is 0.240. The molecule has 0 aliphatic rings. The molecule has 3 heteroatoms. The van der Waals surface area contributed by atoms with Crippen LogP contribution in [0.25, 0.3) is 0 Å². The first kappa shape index (κ1) is 16.1. The highest BCUT2D eigenvalue weighted by Gasteiger charge is 2.18. The van der Waals surface area contributed by atoms with Gasteiger partial charge in [-0.3, -0.25) is 0 Å². The van der Waals surface area contributed by atoms with Crippen LogP contribution in [-0.2, 0) is 0 Å². The highest BCUT2D eigenvalue weighted by atomic mass is 16.5. The predicted octanol–water partition coefficient (Wildman–Crippen LogP) is 5.31. The molecule has 0 aliphatic carbocycles. The molecule has 0 fully saturated rings. The van der Waals surface area contributed by atoms with Crippen LogP contribution in [-0.4, -0.2) is 4.98 Å². The molecular weight excluding hydrogens is 296 g/mol. The standard InChI is InChI=1S/C21H22N2O/c1-3-19(20-15(2)13-14-23-21(20)22)16-9-11-18(12-10-16)24-17-7-5-4-6-8-17/h4-14,19H,3H2,1-2H3,(H2,22,23). The number of aryl methyl sites for hydroxylation is 1. The van der Waals surface area contributed by atoms with Gasteiger partial charge in [-0.15, -0.1) is 0 Å². The topological polar surface area (TPSA) is 48.1 Å². The Labute approximate surface area is 143 Å². The summed E-state index contributed by atoms with van der Waals surface area (Å²) in [6.07, 6.45) is 2.73. The minimum Gasteiger partial charge on any atom is -0.457 e. The molecule has 2 aromatic carbocycles. The number of hydrogen-bond acceptors (Lipinski definition) is 3. The van der Waals surface area contributed by atoms with E-state index in [1.54, 1.807) is 6.20 Å². The minimum atomic E-state index is 0.240. The number of para-hydroxylation sites is 1. The van der Waals surface area contributed by atoms with Crippen LogP contribution in [0.3, 0.4) is 0 Å². The van der Waals surface area contributed by atoms with Crippen molar-refractivity contribution in [3.63, 3.8) is 0 Å². The monoisotopic (exact) mass is 318 g/mol. The first-order chi connectivity index (χ1) is 11.7. The molecule has 0 amide bonds. The van der Waals surface area contributed by atoms with Gasteiger partial charge < -0.3 is 10.5 Å². The van der Waals surface area contributed by atoms with E-state index >= 15 is 0 Å². The number of rotatable bonds is 5. The summed E-state index contributed by atoms with van der Waals surface area (Å²) in [7, 11) is 0. The summed E-state index contributed by atoms with van der Waals surface area (Å²) < 4.78 is 5.86. The predicted molar refractivity (Wildman–Crippen MR) is 98.5 cm³/mol. The quantitative estimate of drug-likeness (QED) is 0.694. The van der Waals surface area contributed by atoms with Gasteiger partial charge in [0.25, 0.3) is 0 Å². The Morgan fingerprint density at radius 2 is 1.62 bits per heavy atom. The van der Waals surface area contributed by atoms with Crippen LogP contribution in [0.15, 0.2) is 66.9 Å². The zero-order valence-corrected chi connectivity index (χ0v) is 14.1. The molecule has 0 radical (unpaired) electrons. The SMILES string of the molecule is CCC(c1ccc(Oc2ccccc2)cc1)c1c(C)ccnc1N. The molecule has 3 nitrogen and oxygen atoms in total. The lowest BCUT2D eigenvalue weighted by atomic mass is 9.87. The van der Waals surface area contributed by atoms with Crippen molar-refractivity contribution in [3.05, 3.63) is 83.6 Å². The number of pyridine rings is 1. The van der Waals surface area contributed by atoms with Gasteiger partial charge in [0.1, 0.15) is 17.3 Å². The molecule has 24 heavy (non-hydrogen) atoms. The van der Waals surface area contributed by atoms with E-state index in [0.717, 1.165) is 23.5 Å². The number of hydrogen-bond donors (Lipinski definition) is 1. The number of anilines is 1. The van der Waals surface area contributed by atoms with Crippen LogP contribution in [0, 0.1) is 6.92 Å². The molecule has 1 atom stereocenters. The van der Waals surface area contributed by atoms with Gasteiger partial charge in [-0.25, -0.2) is 4.98 Å². The fourth-order valence-electron chi connectivity index (χ4n) is 3.04. The molecule has 0 saturated heterocycles. The molecule has 0 aliphatic heterocycles. The first-order valence-corrected chi connectivity index (χ1v) is 8.23. The number of nitrogen functional groups attached to an aromatic ring is 1. The second kappa shape index (κ2) is 7.18. The second-order valence-corrected chi connectivity index (χ2v) is 5.87. The Kier molecular flexibility index (Phi) is 4.80. The maximum absolute atomic E-state index is 6.13. The summed E-state index contributed by atoms with van der Waals surface area (Å²) in [6.45, 7) is 4.26. The van der Waals surface area contributed by atoms with E-state index in [4.69, 9.17) is 10.5 Å². The van der Waals surface area contributed by atoms with Crippen LogP contribution in [0.2, 0.25) is 0 Å². The largest absolute Gasteiger partial charge is 0.457 e. The van der Waals surface area contributed by atoms with Crippen molar-refractivity contribution in [2.24, 2.45) is 0 Å². The van der Waals surface area contributed by atoms with Gasteiger partial charge in [0.05, 0.1) is 0 Å². The lowest BCUT2D eigenvalue weighted by molar-refractivity contribution is 0.482.